The van der Waals surface area contributed by atoms with E-state index in [0.29, 0.717) is 11.5 Å². The molecule has 1 N–H and O–H groups in total. The molecule has 1 aromatic carbocycles. The van der Waals surface area contributed by atoms with Gasteiger partial charge in [-0.3, -0.25) is 4.90 Å². The van der Waals surface area contributed by atoms with Crippen molar-refractivity contribution in [1.29, 1.82) is 0 Å². The zero-order valence-corrected chi connectivity index (χ0v) is 19.0. The minimum atomic E-state index is -0.308. The van der Waals surface area contributed by atoms with Crippen LogP contribution >= 0.6 is 0 Å². The number of nitrogens with one attached hydrogen (secondary N) is 1. The topological polar surface area (TPSA) is 73.0 Å². The first-order valence-electron chi connectivity index (χ1n) is 10.9. The molecule has 4 rings (SSSR count). The van der Waals surface area contributed by atoms with Crippen LogP contribution in [-0.4, -0.2) is 57.4 Å². The summed E-state index contributed by atoms with van der Waals surface area (Å²) < 4.78 is 21.6. The second kappa shape index (κ2) is 8.83. The molecule has 7 nitrogen and oxygen atoms in total. The molecule has 0 radical (unpaired) electrons. The van der Waals surface area contributed by atoms with E-state index in [4.69, 9.17) is 18.9 Å². The number of fused-ring (bicyclic) bond motifs is 5. The van der Waals surface area contributed by atoms with E-state index in [2.05, 4.69) is 22.9 Å². The smallest absolute Gasteiger partial charge is 0.337 e. The SMILES string of the molecule is CC[C@@H]1CN2CCc3c([nH]c4ccc(OC)c(OC)c34)[C@@H]2C[C@@H]1C(=COC)C(=O)OC. The molecule has 7 heteroatoms. The van der Waals surface area contributed by atoms with Crippen molar-refractivity contribution in [3.63, 3.8) is 0 Å². The molecule has 2 aliphatic heterocycles. The second-order valence-corrected chi connectivity index (χ2v) is 8.31. The summed E-state index contributed by atoms with van der Waals surface area (Å²) in [5.74, 6) is 1.66. The molecule has 1 fully saturated rings. The van der Waals surface area contributed by atoms with Crippen LogP contribution in [-0.2, 0) is 20.7 Å². The van der Waals surface area contributed by atoms with Crippen LogP contribution in [0, 0.1) is 11.8 Å². The van der Waals surface area contributed by atoms with Crippen LogP contribution in [0.25, 0.3) is 10.9 Å². The van der Waals surface area contributed by atoms with Gasteiger partial charge in [0.2, 0.25) is 0 Å². The first-order chi connectivity index (χ1) is 15.1. The van der Waals surface area contributed by atoms with Crippen molar-refractivity contribution < 1.29 is 23.7 Å². The maximum atomic E-state index is 12.5. The molecular formula is C24H32N2O5. The Labute approximate surface area is 183 Å². The lowest BCUT2D eigenvalue weighted by Crippen LogP contribution is -2.47. The lowest BCUT2D eigenvalue weighted by atomic mass is 9.74. The van der Waals surface area contributed by atoms with E-state index in [9.17, 15) is 4.79 Å². The van der Waals surface area contributed by atoms with Gasteiger partial charge in [-0.2, -0.15) is 0 Å². The average molecular weight is 429 g/mol. The first-order valence-corrected chi connectivity index (χ1v) is 10.9. The molecule has 0 spiro atoms. The van der Waals surface area contributed by atoms with Crippen molar-refractivity contribution in [2.45, 2.75) is 32.2 Å². The molecule has 0 saturated carbocycles. The number of carbonyl (C=O) groups is 1. The number of hydrogen-bond acceptors (Lipinski definition) is 6. The van der Waals surface area contributed by atoms with Crippen LogP contribution in [0.5, 0.6) is 11.5 Å². The van der Waals surface area contributed by atoms with Crippen molar-refractivity contribution in [3.05, 3.63) is 35.2 Å². The third-order valence-corrected chi connectivity index (χ3v) is 6.97. The Morgan fingerprint density at radius 3 is 2.68 bits per heavy atom. The first kappa shape index (κ1) is 21.6. The summed E-state index contributed by atoms with van der Waals surface area (Å²) in [4.78, 5) is 18.8. The van der Waals surface area contributed by atoms with Gasteiger partial charge in [-0.05, 0) is 42.4 Å². The summed E-state index contributed by atoms with van der Waals surface area (Å²) in [6.45, 7) is 4.12. The number of methoxy groups -OCH3 is 4. The molecular weight excluding hydrogens is 396 g/mol. The van der Waals surface area contributed by atoms with Gasteiger partial charge in [-0.1, -0.05) is 13.3 Å². The Morgan fingerprint density at radius 2 is 2.03 bits per heavy atom. The van der Waals surface area contributed by atoms with Crippen LogP contribution in [0.15, 0.2) is 24.0 Å². The largest absolute Gasteiger partial charge is 0.504 e. The highest BCUT2D eigenvalue weighted by Crippen LogP contribution is 2.48. The number of H-pyrrole nitrogens is 1. The van der Waals surface area contributed by atoms with Crippen molar-refractivity contribution in [2.75, 3.05) is 41.5 Å². The molecule has 0 unspecified atom stereocenters. The highest BCUT2D eigenvalue weighted by Gasteiger charge is 2.42. The molecule has 2 aliphatic rings. The molecule has 0 bridgehead atoms. The Hall–Kier alpha value is -2.67. The number of aromatic nitrogens is 1. The Balaban J connectivity index is 1.78. The Bertz CT molecular complexity index is 996. The van der Waals surface area contributed by atoms with Crippen LogP contribution in [0.3, 0.4) is 0 Å². The summed E-state index contributed by atoms with van der Waals surface area (Å²) in [5.41, 5.74) is 4.18. The Morgan fingerprint density at radius 1 is 1.23 bits per heavy atom. The maximum absolute atomic E-state index is 12.5. The van der Waals surface area contributed by atoms with E-state index >= 15 is 0 Å². The summed E-state index contributed by atoms with van der Waals surface area (Å²) in [5, 5.41) is 1.10. The summed E-state index contributed by atoms with van der Waals surface area (Å²) >= 11 is 0. The number of esters is 1. The third-order valence-electron chi connectivity index (χ3n) is 6.97. The van der Waals surface area contributed by atoms with Crippen molar-refractivity contribution in [1.82, 2.24) is 9.88 Å². The molecule has 1 aromatic heterocycles. The van der Waals surface area contributed by atoms with Crippen molar-refractivity contribution >= 4 is 16.9 Å². The monoisotopic (exact) mass is 428 g/mol. The minimum absolute atomic E-state index is 0.0763. The fourth-order valence-corrected chi connectivity index (χ4v) is 5.50. The number of ether oxygens (including phenoxy) is 4. The number of nitrogens with zero attached hydrogens (tertiary/aromatic N) is 1. The second-order valence-electron chi connectivity index (χ2n) is 8.31. The molecule has 1 saturated heterocycles. The van der Waals surface area contributed by atoms with E-state index in [0.717, 1.165) is 54.8 Å². The summed E-state index contributed by atoms with van der Waals surface area (Å²) in [6, 6.07) is 4.19. The van der Waals surface area contributed by atoms with Gasteiger partial charge in [0.1, 0.15) is 0 Å². The van der Waals surface area contributed by atoms with Gasteiger partial charge >= 0.3 is 5.97 Å². The van der Waals surface area contributed by atoms with Gasteiger partial charge in [-0.15, -0.1) is 0 Å². The van der Waals surface area contributed by atoms with E-state index in [-0.39, 0.29) is 17.9 Å². The molecule has 3 heterocycles. The fraction of sp³-hybridized carbons (Fsp3) is 0.542. The number of benzene rings is 1. The van der Waals surface area contributed by atoms with Crippen LogP contribution in [0.4, 0.5) is 0 Å². The predicted octanol–water partition coefficient (Wildman–Crippen LogP) is 3.83. The van der Waals surface area contributed by atoms with Gasteiger partial charge < -0.3 is 23.9 Å². The molecule has 0 amide bonds. The molecule has 2 aromatic rings. The standard InChI is InChI=1S/C24H32N2O5/c1-6-14-12-26-10-9-15-21-18(7-8-20(29-3)23(21)30-4)25-22(15)19(26)11-16(14)17(13-28-2)24(27)31-5/h7-8,13-14,16,19,25H,6,9-12H2,1-5H3/t14-,16+,19+/m1/s1. The van der Waals surface area contributed by atoms with Crippen molar-refractivity contribution in [2.24, 2.45) is 11.8 Å². The van der Waals surface area contributed by atoms with Gasteiger partial charge in [0.25, 0.3) is 0 Å². The number of carbonyl (C=O) groups excluding carboxylic acids is 1. The minimum Gasteiger partial charge on any atom is -0.504 e. The fourth-order valence-electron chi connectivity index (χ4n) is 5.50. The number of hydrogen-bond donors (Lipinski definition) is 1. The zero-order valence-electron chi connectivity index (χ0n) is 19.0. The molecule has 3 atom stereocenters. The highest BCUT2D eigenvalue weighted by molar-refractivity contribution is 5.93. The highest BCUT2D eigenvalue weighted by atomic mass is 16.5. The van der Waals surface area contributed by atoms with Gasteiger partial charge in [-0.25, -0.2) is 4.79 Å². The maximum Gasteiger partial charge on any atom is 0.337 e. The molecule has 0 aliphatic carbocycles. The summed E-state index contributed by atoms with van der Waals surface area (Å²) in [7, 11) is 6.36. The normalized spacial score (nSPS) is 23.8. The quantitative estimate of drug-likeness (QED) is 0.428. The zero-order chi connectivity index (χ0) is 22.1. The average Bonchev–Trinajstić information content (AvgIpc) is 3.19. The van der Waals surface area contributed by atoms with E-state index in [1.165, 1.54) is 18.4 Å². The van der Waals surface area contributed by atoms with Crippen LogP contribution in [0.2, 0.25) is 0 Å². The van der Waals surface area contributed by atoms with Crippen LogP contribution < -0.4 is 9.47 Å². The Kier molecular flexibility index (Phi) is 6.14. The number of piperidine rings is 1. The van der Waals surface area contributed by atoms with Gasteiger partial charge in [0.15, 0.2) is 11.5 Å². The lowest BCUT2D eigenvalue weighted by Gasteiger charge is -2.46. The van der Waals surface area contributed by atoms with Gasteiger partial charge in [0.05, 0.1) is 46.3 Å². The summed E-state index contributed by atoms with van der Waals surface area (Å²) in [6.07, 6.45) is 4.35. The number of aromatic amines is 1. The predicted molar refractivity (Wildman–Crippen MR) is 118 cm³/mol. The molecule has 168 valence electrons. The van der Waals surface area contributed by atoms with Crippen molar-refractivity contribution in [3.8, 4) is 11.5 Å². The van der Waals surface area contributed by atoms with E-state index < -0.39 is 0 Å². The van der Waals surface area contributed by atoms with Crippen LogP contribution in [0.1, 0.15) is 37.1 Å². The lowest BCUT2D eigenvalue weighted by molar-refractivity contribution is -0.137. The van der Waals surface area contributed by atoms with E-state index in [1.807, 2.05) is 6.07 Å². The third kappa shape index (κ3) is 3.55. The van der Waals surface area contributed by atoms with E-state index in [1.54, 1.807) is 27.6 Å². The number of rotatable bonds is 6. The molecule has 31 heavy (non-hydrogen) atoms. The van der Waals surface area contributed by atoms with Gasteiger partial charge in [0, 0.05) is 29.7 Å².